The summed E-state index contributed by atoms with van der Waals surface area (Å²) >= 11 is 0. The molecule has 0 spiro atoms. The van der Waals surface area contributed by atoms with Crippen LogP contribution < -0.4 is 15.8 Å². The van der Waals surface area contributed by atoms with Gasteiger partial charge in [0.15, 0.2) is 0 Å². The highest BCUT2D eigenvalue weighted by atomic mass is 16.4. The summed E-state index contributed by atoms with van der Waals surface area (Å²) in [6.07, 6.45) is 2.28. The van der Waals surface area contributed by atoms with Gasteiger partial charge in [-0.1, -0.05) is 12.1 Å². The summed E-state index contributed by atoms with van der Waals surface area (Å²) < 4.78 is 5.21. The molecule has 0 radical (unpaired) electrons. The number of quaternary nitrogens is 1. The van der Waals surface area contributed by atoms with Gasteiger partial charge in [0.2, 0.25) is 0 Å². The van der Waals surface area contributed by atoms with Crippen LogP contribution in [-0.4, -0.2) is 26.2 Å². The van der Waals surface area contributed by atoms with E-state index in [0.717, 1.165) is 23.9 Å². The Morgan fingerprint density at radius 3 is 2.79 bits per heavy atom. The number of benzene rings is 1. The molecule has 4 heteroatoms. The molecule has 19 heavy (non-hydrogen) atoms. The number of para-hydroxylation sites is 1. The van der Waals surface area contributed by atoms with E-state index in [4.69, 9.17) is 4.42 Å². The highest BCUT2D eigenvalue weighted by molar-refractivity contribution is 5.89. The normalized spacial score (nSPS) is 23.4. The van der Waals surface area contributed by atoms with Gasteiger partial charge in [-0.05, 0) is 12.1 Å². The average Bonchev–Trinajstić information content (AvgIpc) is 2.41. The second kappa shape index (κ2) is 5.05. The molecule has 1 aromatic carbocycles. The van der Waals surface area contributed by atoms with Crippen LogP contribution in [0.2, 0.25) is 0 Å². The lowest BCUT2D eigenvalue weighted by Gasteiger charge is -2.28. The molecule has 1 saturated heterocycles. The highest BCUT2D eigenvalue weighted by Gasteiger charge is 2.19. The number of rotatable bonds is 2. The Hall–Kier alpha value is -1.81. The standard InChI is InChI=1S/C15H18N2O2/c1-17-8-6-11(7-9-17)16-13-10-15(18)19-14-5-3-2-4-12(13)14/h2-5,10-11,16H,6-9H2,1H3/p+1. The van der Waals surface area contributed by atoms with Gasteiger partial charge < -0.3 is 14.6 Å². The van der Waals surface area contributed by atoms with E-state index in [9.17, 15) is 4.79 Å². The van der Waals surface area contributed by atoms with Crippen LogP contribution in [0, 0.1) is 0 Å². The number of hydrogen-bond acceptors (Lipinski definition) is 3. The van der Waals surface area contributed by atoms with Gasteiger partial charge in [0, 0.05) is 30.3 Å². The number of likely N-dealkylation sites (tertiary alicyclic amines) is 1. The molecule has 0 aliphatic carbocycles. The molecule has 1 aromatic heterocycles. The van der Waals surface area contributed by atoms with Crippen molar-refractivity contribution in [2.75, 3.05) is 25.5 Å². The van der Waals surface area contributed by atoms with Crippen LogP contribution in [0.4, 0.5) is 5.69 Å². The largest absolute Gasteiger partial charge is 0.423 e. The van der Waals surface area contributed by atoms with E-state index in [1.54, 1.807) is 11.0 Å². The minimum atomic E-state index is -0.292. The Bertz CT molecular complexity index is 627. The fourth-order valence-electron chi connectivity index (χ4n) is 2.71. The molecule has 0 amide bonds. The molecule has 0 unspecified atom stereocenters. The van der Waals surface area contributed by atoms with Crippen molar-refractivity contribution in [3.8, 4) is 0 Å². The maximum Gasteiger partial charge on any atom is 0.338 e. The molecule has 1 fully saturated rings. The van der Waals surface area contributed by atoms with E-state index in [1.807, 2.05) is 24.3 Å². The lowest BCUT2D eigenvalue weighted by atomic mass is 10.0. The van der Waals surface area contributed by atoms with Crippen LogP contribution in [0.15, 0.2) is 39.5 Å². The summed E-state index contributed by atoms with van der Waals surface area (Å²) in [6, 6.07) is 9.68. The van der Waals surface area contributed by atoms with Gasteiger partial charge in [0.05, 0.1) is 25.8 Å². The van der Waals surface area contributed by atoms with Crippen molar-refractivity contribution in [1.29, 1.82) is 0 Å². The Labute approximate surface area is 112 Å². The molecule has 3 rings (SSSR count). The van der Waals surface area contributed by atoms with Crippen LogP contribution in [-0.2, 0) is 0 Å². The van der Waals surface area contributed by atoms with E-state index >= 15 is 0 Å². The minimum Gasteiger partial charge on any atom is -0.423 e. The first-order valence-corrected chi connectivity index (χ1v) is 6.83. The van der Waals surface area contributed by atoms with Gasteiger partial charge in [-0.15, -0.1) is 0 Å². The maximum atomic E-state index is 11.6. The van der Waals surface area contributed by atoms with Crippen molar-refractivity contribution >= 4 is 16.7 Å². The molecule has 100 valence electrons. The monoisotopic (exact) mass is 259 g/mol. The molecule has 2 N–H and O–H groups in total. The highest BCUT2D eigenvalue weighted by Crippen LogP contribution is 2.22. The fraction of sp³-hybridized carbons (Fsp3) is 0.400. The van der Waals surface area contributed by atoms with E-state index in [0.29, 0.717) is 11.6 Å². The molecular weight excluding hydrogens is 240 g/mol. The first-order chi connectivity index (χ1) is 9.22. The Balaban J connectivity index is 1.90. The third kappa shape index (κ3) is 2.63. The van der Waals surface area contributed by atoms with E-state index in [-0.39, 0.29) is 5.63 Å². The zero-order chi connectivity index (χ0) is 13.2. The second-order valence-corrected chi connectivity index (χ2v) is 5.35. The predicted molar refractivity (Wildman–Crippen MR) is 75.7 cm³/mol. The Morgan fingerprint density at radius 2 is 2.00 bits per heavy atom. The summed E-state index contributed by atoms with van der Waals surface area (Å²) in [5.41, 5.74) is 1.26. The summed E-state index contributed by atoms with van der Waals surface area (Å²) in [4.78, 5) is 13.2. The van der Waals surface area contributed by atoms with Crippen LogP contribution >= 0.6 is 0 Å². The van der Waals surface area contributed by atoms with E-state index in [1.165, 1.54) is 13.1 Å². The summed E-state index contributed by atoms with van der Waals surface area (Å²) in [7, 11) is 2.22. The first kappa shape index (κ1) is 12.2. The molecule has 2 aromatic rings. The zero-order valence-corrected chi connectivity index (χ0v) is 11.1. The molecule has 0 saturated carbocycles. The van der Waals surface area contributed by atoms with Crippen LogP contribution in [0.5, 0.6) is 0 Å². The SMILES string of the molecule is C[NH+]1CCC(Nc2cc(=O)oc3ccccc23)CC1. The van der Waals surface area contributed by atoms with Crippen molar-refractivity contribution in [2.24, 2.45) is 0 Å². The van der Waals surface area contributed by atoms with Crippen molar-refractivity contribution in [3.05, 3.63) is 40.8 Å². The molecule has 1 aliphatic rings. The number of fused-ring (bicyclic) bond motifs is 1. The fourth-order valence-corrected chi connectivity index (χ4v) is 2.71. The van der Waals surface area contributed by atoms with Gasteiger partial charge in [-0.3, -0.25) is 0 Å². The number of hydrogen-bond donors (Lipinski definition) is 2. The number of piperidine rings is 1. The zero-order valence-electron chi connectivity index (χ0n) is 11.1. The smallest absolute Gasteiger partial charge is 0.338 e. The minimum absolute atomic E-state index is 0.292. The molecule has 4 nitrogen and oxygen atoms in total. The van der Waals surface area contributed by atoms with Gasteiger partial charge in [0.25, 0.3) is 0 Å². The Kier molecular flexibility index (Phi) is 3.25. The van der Waals surface area contributed by atoms with Crippen LogP contribution in [0.3, 0.4) is 0 Å². The predicted octanol–water partition coefficient (Wildman–Crippen LogP) is 0.882. The van der Waals surface area contributed by atoms with Gasteiger partial charge >= 0.3 is 5.63 Å². The summed E-state index contributed by atoms with van der Waals surface area (Å²) in [5.74, 6) is 0. The number of anilines is 1. The van der Waals surface area contributed by atoms with Crippen molar-refractivity contribution in [2.45, 2.75) is 18.9 Å². The van der Waals surface area contributed by atoms with Crippen LogP contribution in [0.25, 0.3) is 11.0 Å². The van der Waals surface area contributed by atoms with E-state index < -0.39 is 0 Å². The molecule has 0 atom stereocenters. The maximum absolute atomic E-state index is 11.6. The summed E-state index contributed by atoms with van der Waals surface area (Å²) in [6.45, 7) is 2.36. The Morgan fingerprint density at radius 1 is 1.26 bits per heavy atom. The van der Waals surface area contributed by atoms with Crippen molar-refractivity contribution < 1.29 is 9.32 Å². The summed E-state index contributed by atoms with van der Waals surface area (Å²) in [5, 5.41) is 4.49. The van der Waals surface area contributed by atoms with Gasteiger partial charge in [-0.25, -0.2) is 4.79 Å². The van der Waals surface area contributed by atoms with Crippen molar-refractivity contribution in [1.82, 2.24) is 0 Å². The van der Waals surface area contributed by atoms with Crippen LogP contribution in [0.1, 0.15) is 12.8 Å². The lowest BCUT2D eigenvalue weighted by Crippen LogP contribution is -3.10. The van der Waals surface area contributed by atoms with Gasteiger partial charge in [0.1, 0.15) is 5.58 Å². The third-order valence-corrected chi connectivity index (χ3v) is 3.85. The first-order valence-electron chi connectivity index (χ1n) is 6.83. The quantitative estimate of drug-likeness (QED) is 0.787. The molecule has 1 aliphatic heterocycles. The second-order valence-electron chi connectivity index (χ2n) is 5.35. The van der Waals surface area contributed by atoms with Crippen molar-refractivity contribution in [3.63, 3.8) is 0 Å². The number of nitrogens with one attached hydrogen (secondary N) is 2. The third-order valence-electron chi connectivity index (χ3n) is 3.85. The lowest BCUT2D eigenvalue weighted by molar-refractivity contribution is -0.884. The topological polar surface area (TPSA) is 46.7 Å². The van der Waals surface area contributed by atoms with E-state index in [2.05, 4.69) is 12.4 Å². The molecule has 2 heterocycles. The molecule has 0 bridgehead atoms. The average molecular weight is 259 g/mol. The van der Waals surface area contributed by atoms with Gasteiger partial charge in [-0.2, -0.15) is 0 Å². The molecular formula is C15H19N2O2+.